The summed E-state index contributed by atoms with van der Waals surface area (Å²) < 4.78 is 96.6. The number of alkyl halides is 6. The molecule has 43 heavy (non-hydrogen) atoms. The summed E-state index contributed by atoms with van der Waals surface area (Å²) in [7, 11) is 0. The highest BCUT2D eigenvalue weighted by atomic mass is 19.4. The van der Waals surface area contributed by atoms with Crippen LogP contribution in [0.4, 0.5) is 41.2 Å². The second-order valence-electron chi connectivity index (χ2n) is 10.5. The van der Waals surface area contributed by atoms with E-state index in [1.54, 1.807) is 12.2 Å². The second kappa shape index (κ2) is 11.9. The van der Waals surface area contributed by atoms with Crippen LogP contribution in [0, 0.1) is 5.82 Å². The van der Waals surface area contributed by atoms with Gasteiger partial charge in [-0.15, -0.1) is 13.2 Å². The maximum atomic E-state index is 14.1. The SMILES string of the molecule is O=C(N(CC=Cc1ccc(F)cc1)Cc1ccnc(C(F)(F)F)c1)N1CC2(CCNCC2)c2cc(OC(F)(F)F)ccc21. The predicted octanol–water partition coefficient (Wildman–Crippen LogP) is 6.91. The summed E-state index contributed by atoms with van der Waals surface area (Å²) in [6, 6.07) is 11.2. The van der Waals surface area contributed by atoms with Gasteiger partial charge in [0, 0.05) is 36.9 Å². The van der Waals surface area contributed by atoms with Crippen molar-refractivity contribution in [3.63, 3.8) is 0 Å². The largest absolute Gasteiger partial charge is 0.573 e. The van der Waals surface area contributed by atoms with Gasteiger partial charge in [-0.25, -0.2) is 9.18 Å². The van der Waals surface area contributed by atoms with Crippen molar-refractivity contribution in [3.8, 4) is 5.75 Å². The standard InChI is InChI=1S/C30H27F7N4O2/c31-22-5-3-20(4-6-22)2-1-15-40(18-21-9-12-39-26(16-21)29(32,33)34)27(42)41-19-28(10-13-38-14-11-28)24-17-23(7-8-25(24)41)43-30(35,36)37/h1-9,12,16-17,38H,10-11,13-15,18-19H2. The number of nitrogens with zero attached hydrogens (tertiary/aromatic N) is 3. The highest BCUT2D eigenvalue weighted by Gasteiger charge is 2.47. The molecule has 2 amide bonds. The number of aromatic nitrogens is 1. The number of nitrogens with one attached hydrogen (secondary N) is 1. The molecule has 2 aliphatic rings. The molecule has 0 unspecified atom stereocenters. The minimum absolute atomic E-state index is 0.0183. The summed E-state index contributed by atoms with van der Waals surface area (Å²) in [4.78, 5) is 20.3. The van der Waals surface area contributed by atoms with Crippen molar-refractivity contribution in [3.05, 3.63) is 95.1 Å². The molecule has 1 fully saturated rings. The van der Waals surface area contributed by atoms with Gasteiger partial charge in [-0.1, -0.05) is 24.3 Å². The van der Waals surface area contributed by atoms with Crippen molar-refractivity contribution in [1.29, 1.82) is 0 Å². The number of carbonyl (C=O) groups is 1. The molecule has 3 aromatic rings. The van der Waals surface area contributed by atoms with Crippen molar-refractivity contribution in [2.75, 3.05) is 31.1 Å². The molecule has 0 aliphatic carbocycles. The first-order valence-corrected chi connectivity index (χ1v) is 13.4. The zero-order valence-corrected chi connectivity index (χ0v) is 22.7. The van der Waals surface area contributed by atoms with Gasteiger partial charge < -0.3 is 15.0 Å². The Kier molecular flexibility index (Phi) is 8.37. The van der Waals surface area contributed by atoms with Gasteiger partial charge in [-0.2, -0.15) is 13.2 Å². The molecule has 0 bridgehead atoms. The van der Waals surface area contributed by atoms with E-state index in [2.05, 4.69) is 15.0 Å². The number of hydrogen-bond donors (Lipinski definition) is 1. The fraction of sp³-hybridized carbons (Fsp3) is 0.333. The Bertz CT molecular complexity index is 1480. The Morgan fingerprint density at radius 1 is 1.02 bits per heavy atom. The van der Waals surface area contributed by atoms with Crippen molar-refractivity contribution < 1.29 is 40.3 Å². The minimum atomic E-state index is -4.89. The smallest absolute Gasteiger partial charge is 0.406 e. The molecule has 0 saturated carbocycles. The number of fused-ring (bicyclic) bond motifs is 2. The van der Waals surface area contributed by atoms with Gasteiger partial charge in [0.2, 0.25) is 0 Å². The molecule has 6 nitrogen and oxygen atoms in total. The first kappa shape index (κ1) is 30.3. The number of rotatable bonds is 6. The molecule has 0 radical (unpaired) electrons. The lowest BCUT2D eigenvalue weighted by Crippen LogP contribution is -2.47. The van der Waals surface area contributed by atoms with Gasteiger partial charge in [0.05, 0.1) is 0 Å². The average Bonchev–Trinajstić information content (AvgIpc) is 3.25. The molecule has 228 valence electrons. The van der Waals surface area contributed by atoms with Crippen LogP contribution in [0.25, 0.3) is 6.08 Å². The molecular weight excluding hydrogens is 581 g/mol. The summed E-state index contributed by atoms with van der Waals surface area (Å²) in [6.07, 6.45) is -4.15. The van der Waals surface area contributed by atoms with E-state index >= 15 is 0 Å². The van der Waals surface area contributed by atoms with Crippen LogP contribution in [0.1, 0.15) is 35.2 Å². The minimum Gasteiger partial charge on any atom is -0.406 e. The lowest BCUT2D eigenvalue weighted by Gasteiger charge is -2.35. The second-order valence-corrected chi connectivity index (χ2v) is 10.5. The van der Waals surface area contributed by atoms with E-state index in [1.165, 1.54) is 52.3 Å². The van der Waals surface area contributed by atoms with Crippen LogP contribution in [-0.2, 0) is 18.1 Å². The number of pyridine rings is 1. The van der Waals surface area contributed by atoms with Crippen molar-refractivity contribution in [2.45, 2.75) is 37.3 Å². The van der Waals surface area contributed by atoms with Crippen LogP contribution in [0.2, 0.25) is 0 Å². The molecule has 1 spiro atoms. The van der Waals surface area contributed by atoms with E-state index in [0.717, 1.165) is 18.3 Å². The maximum absolute atomic E-state index is 14.1. The fourth-order valence-corrected chi connectivity index (χ4v) is 5.57. The lowest BCUT2D eigenvalue weighted by molar-refractivity contribution is -0.274. The molecule has 13 heteroatoms. The van der Waals surface area contributed by atoms with Gasteiger partial charge in [-0.3, -0.25) is 9.88 Å². The van der Waals surface area contributed by atoms with Crippen molar-refractivity contribution in [2.24, 2.45) is 0 Å². The fourth-order valence-electron chi connectivity index (χ4n) is 5.57. The third kappa shape index (κ3) is 7.10. The summed E-state index contributed by atoms with van der Waals surface area (Å²) in [5.41, 5.74) is 0.0763. The number of ether oxygens (including phenoxy) is 1. The zero-order chi connectivity index (χ0) is 30.8. The number of hydrogen-bond acceptors (Lipinski definition) is 4. The number of halogens is 7. The number of anilines is 1. The van der Waals surface area contributed by atoms with Gasteiger partial charge in [-0.05, 0) is 85.1 Å². The summed E-state index contributed by atoms with van der Waals surface area (Å²) in [5.74, 6) is -0.815. The molecule has 2 aromatic carbocycles. The molecular formula is C30H27F7N4O2. The number of amides is 2. The third-order valence-corrected chi connectivity index (χ3v) is 7.58. The summed E-state index contributed by atoms with van der Waals surface area (Å²) in [6.45, 7) is 1.14. The van der Waals surface area contributed by atoms with Crippen molar-refractivity contribution in [1.82, 2.24) is 15.2 Å². The van der Waals surface area contributed by atoms with Crippen LogP contribution in [-0.4, -0.2) is 48.5 Å². The molecule has 1 N–H and O–H groups in total. The van der Waals surface area contributed by atoms with E-state index in [0.29, 0.717) is 42.7 Å². The van der Waals surface area contributed by atoms with Crippen LogP contribution in [0.5, 0.6) is 5.75 Å². The Labute approximate surface area is 242 Å². The van der Waals surface area contributed by atoms with Crippen LogP contribution < -0.4 is 15.0 Å². The lowest BCUT2D eigenvalue weighted by atomic mass is 9.75. The summed E-state index contributed by atoms with van der Waals surface area (Å²) >= 11 is 0. The Balaban J connectivity index is 1.48. The van der Waals surface area contributed by atoms with Gasteiger partial charge in [0.25, 0.3) is 0 Å². The number of carbonyl (C=O) groups excluding carboxylic acids is 1. The van der Waals surface area contributed by atoms with Gasteiger partial charge >= 0.3 is 18.6 Å². The number of benzene rings is 2. The van der Waals surface area contributed by atoms with Crippen LogP contribution in [0.3, 0.4) is 0 Å². The molecule has 2 aliphatic heterocycles. The predicted molar refractivity (Wildman–Crippen MR) is 145 cm³/mol. The molecule has 5 rings (SSSR count). The van der Waals surface area contributed by atoms with Gasteiger partial charge in [0.15, 0.2) is 0 Å². The number of piperidine rings is 1. The Hall–Kier alpha value is -4.13. The van der Waals surface area contributed by atoms with Crippen molar-refractivity contribution >= 4 is 17.8 Å². The normalized spacial score (nSPS) is 16.5. The monoisotopic (exact) mass is 608 g/mol. The molecule has 1 aromatic heterocycles. The van der Waals surface area contributed by atoms with E-state index in [1.807, 2.05) is 0 Å². The Morgan fingerprint density at radius 3 is 2.42 bits per heavy atom. The molecule has 1 saturated heterocycles. The molecule has 0 atom stereocenters. The quantitative estimate of drug-likeness (QED) is 0.309. The third-order valence-electron chi connectivity index (χ3n) is 7.58. The first-order chi connectivity index (χ1) is 20.3. The highest BCUT2D eigenvalue weighted by Crippen LogP contribution is 2.48. The first-order valence-electron chi connectivity index (χ1n) is 13.4. The maximum Gasteiger partial charge on any atom is 0.573 e. The molecule has 3 heterocycles. The number of urea groups is 1. The van der Waals surface area contributed by atoms with E-state index in [-0.39, 0.29) is 25.2 Å². The van der Waals surface area contributed by atoms with Gasteiger partial charge in [0.1, 0.15) is 17.3 Å². The van der Waals surface area contributed by atoms with Crippen LogP contribution in [0.15, 0.2) is 66.9 Å². The van der Waals surface area contributed by atoms with E-state index in [9.17, 15) is 35.5 Å². The zero-order valence-electron chi connectivity index (χ0n) is 22.7. The van der Waals surface area contributed by atoms with E-state index in [4.69, 9.17) is 0 Å². The topological polar surface area (TPSA) is 57.7 Å². The van der Waals surface area contributed by atoms with Crippen LogP contribution >= 0.6 is 0 Å². The van der Waals surface area contributed by atoms with E-state index < -0.39 is 41.2 Å². The average molecular weight is 609 g/mol. The summed E-state index contributed by atoms with van der Waals surface area (Å²) in [5, 5.41) is 3.23. The highest BCUT2D eigenvalue weighted by molar-refractivity contribution is 5.95. The Morgan fingerprint density at radius 2 is 1.74 bits per heavy atom.